The predicted octanol–water partition coefficient (Wildman–Crippen LogP) is -0.127. The van der Waals surface area contributed by atoms with Crippen molar-refractivity contribution in [1.29, 1.82) is 0 Å². The molecule has 3 heteroatoms. The fourth-order valence-corrected chi connectivity index (χ4v) is 1.33. The highest BCUT2D eigenvalue weighted by molar-refractivity contribution is 5.73. The zero-order valence-electron chi connectivity index (χ0n) is 6.48. The summed E-state index contributed by atoms with van der Waals surface area (Å²) in [6, 6.07) is 0.907. The maximum Gasteiger partial charge on any atom is 0.217 e. The van der Waals surface area contributed by atoms with E-state index in [4.69, 9.17) is 0 Å². The number of hydrogen-bond acceptors (Lipinski definition) is 2. The maximum atomic E-state index is 10.6. The number of hydrogen-bond donors (Lipinski definition) is 2. The quantitative estimate of drug-likeness (QED) is 0.535. The number of rotatable bonds is 1. The third-order valence-electron chi connectivity index (χ3n) is 1.76. The Morgan fingerprint density at radius 3 is 2.80 bits per heavy atom. The van der Waals surface area contributed by atoms with E-state index in [2.05, 4.69) is 17.6 Å². The lowest BCUT2D eigenvalue weighted by atomic mass is 10.2. The average molecular weight is 142 g/mol. The van der Waals surface area contributed by atoms with E-state index in [9.17, 15) is 4.79 Å². The molecule has 0 radical (unpaired) electrons. The topological polar surface area (TPSA) is 41.1 Å². The lowest BCUT2D eigenvalue weighted by Gasteiger charge is -2.07. The van der Waals surface area contributed by atoms with Crippen molar-refractivity contribution in [3.63, 3.8) is 0 Å². The first-order chi connectivity index (χ1) is 4.68. The first-order valence-electron chi connectivity index (χ1n) is 3.69. The summed E-state index contributed by atoms with van der Waals surface area (Å²) in [5.74, 6) is 0.0703. The van der Waals surface area contributed by atoms with Gasteiger partial charge in [0.15, 0.2) is 0 Å². The molecule has 0 saturated carbocycles. The Morgan fingerprint density at radius 2 is 2.40 bits per heavy atom. The van der Waals surface area contributed by atoms with E-state index in [0.717, 1.165) is 13.0 Å². The number of carbonyl (C=O) groups is 1. The number of nitrogens with one attached hydrogen (secondary N) is 2. The fraction of sp³-hybridized carbons (Fsp3) is 0.857. The van der Waals surface area contributed by atoms with E-state index in [1.54, 1.807) is 6.92 Å². The summed E-state index contributed by atoms with van der Waals surface area (Å²) in [6.45, 7) is 4.60. The molecule has 1 rings (SSSR count). The fourth-order valence-electron chi connectivity index (χ4n) is 1.33. The van der Waals surface area contributed by atoms with Crippen LogP contribution in [0.5, 0.6) is 0 Å². The van der Waals surface area contributed by atoms with Gasteiger partial charge in [0.05, 0.1) is 0 Å². The summed E-state index contributed by atoms with van der Waals surface area (Å²) in [5, 5.41) is 6.13. The molecule has 2 N–H and O–H groups in total. The lowest BCUT2D eigenvalue weighted by Crippen LogP contribution is -2.34. The molecule has 10 heavy (non-hydrogen) atoms. The van der Waals surface area contributed by atoms with Gasteiger partial charge in [-0.3, -0.25) is 4.79 Å². The Hall–Kier alpha value is -0.570. The van der Waals surface area contributed by atoms with Crippen molar-refractivity contribution in [3.05, 3.63) is 0 Å². The van der Waals surface area contributed by atoms with Crippen LogP contribution in [0.1, 0.15) is 20.3 Å². The molecule has 1 aliphatic rings. The minimum atomic E-state index is 0.0703. The van der Waals surface area contributed by atoms with Crippen LogP contribution >= 0.6 is 0 Å². The Kier molecular flexibility index (Phi) is 2.27. The monoisotopic (exact) mass is 142 g/mol. The highest BCUT2D eigenvalue weighted by atomic mass is 16.1. The van der Waals surface area contributed by atoms with E-state index >= 15 is 0 Å². The largest absolute Gasteiger partial charge is 0.352 e. The van der Waals surface area contributed by atoms with Crippen molar-refractivity contribution in [3.8, 4) is 0 Å². The van der Waals surface area contributed by atoms with Crippen LogP contribution in [0.4, 0.5) is 0 Å². The molecule has 1 fully saturated rings. The van der Waals surface area contributed by atoms with Gasteiger partial charge in [-0.25, -0.2) is 0 Å². The van der Waals surface area contributed by atoms with Crippen LogP contribution in [0, 0.1) is 0 Å². The molecule has 1 amide bonds. The molecule has 0 unspecified atom stereocenters. The molecule has 1 aliphatic heterocycles. The van der Waals surface area contributed by atoms with Crippen LogP contribution in [-0.2, 0) is 4.79 Å². The van der Waals surface area contributed by atoms with Gasteiger partial charge >= 0.3 is 0 Å². The summed E-state index contributed by atoms with van der Waals surface area (Å²) in [4.78, 5) is 10.6. The highest BCUT2D eigenvalue weighted by Crippen LogP contribution is 2.04. The molecule has 1 heterocycles. The molecule has 0 aromatic rings. The smallest absolute Gasteiger partial charge is 0.217 e. The first kappa shape index (κ1) is 7.54. The molecule has 0 aromatic heterocycles. The Balaban J connectivity index is 2.24. The normalized spacial score (nSPS) is 32.2. The Morgan fingerprint density at radius 1 is 1.70 bits per heavy atom. The minimum absolute atomic E-state index is 0.0703. The summed E-state index contributed by atoms with van der Waals surface area (Å²) >= 11 is 0. The molecular weight excluding hydrogens is 128 g/mol. The van der Waals surface area contributed by atoms with Crippen molar-refractivity contribution in [2.45, 2.75) is 32.4 Å². The van der Waals surface area contributed by atoms with Gasteiger partial charge in [0.2, 0.25) is 5.91 Å². The molecule has 3 nitrogen and oxygen atoms in total. The lowest BCUT2D eigenvalue weighted by molar-refractivity contribution is -0.119. The second-order valence-electron chi connectivity index (χ2n) is 2.94. The third kappa shape index (κ3) is 1.99. The van der Waals surface area contributed by atoms with E-state index in [-0.39, 0.29) is 5.91 Å². The molecule has 0 spiro atoms. The van der Waals surface area contributed by atoms with Gasteiger partial charge in [0, 0.05) is 25.6 Å². The minimum Gasteiger partial charge on any atom is -0.352 e. The summed E-state index contributed by atoms with van der Waals surface area (Å²) < 4.78 is 0. The number of amides is 1. The SMILES string of the molecule is CC(=O)N[C@@H]1CN[C@@H](C)C1. The van der Waals surface area contributed by atoms with Gasteiger partial charge < -0.3 is 10.6 Å². The van der Waals surface area contributed by atoms with Crippen LogP contribution in [0.25, 0.3) is 0 Å². The van der Waals surface area contributed by atoms with Crippen LogP contribution in [0.2, 0.25) is 0 Å². The van der Waals surface area contributed by atoms with Crippen molar-refractivity contribution in [2.24, 2.45) is 0 Å². The summed E-state index contributed by atoms with van der Waals surface area (Å²) in [6.07, 6.45) is 1.06. The molecule has 1 saturated heterocycles. The molecule has 0 aliphatic carbocycles. The van der Waals surface area contributed by atoms with Gasteiger partial charge in [-0.05, 0) is 13.3 Å². The van der Waals surface area contributed by atoms with Crippen molar-refractivity contribution >= 4 is 5.91 Å². The van der Waals surface area contributed by atoms with E-state index in [1.165, 1.54) is 0 Å². The highest BCUT2D eigenvalue weighted by Gasteiger charge is 2.20. The van der Waals surface area contributed by atoms with Gasteiger partial charge in [-0.15, -0.1) is 0 Å². The summed E-state index contributed by atoms with van der Waals surface area (Å²) in [5.41, 5.74) is 0. The van der Waals surface area contributed by atoms with Crippen molar-refractivity contribution < 1.29 is 4.79 Å². The van der Waals surface area contributed by atoms with E-state index in [0.29, 0.717) is 12.1 Å². The second kappa shape index (κ2) is 3.01. The standard InChI is InChI=1S/C7H14N2O/c1-5-3-7(4-8-5)9-6(2)10/h5,7-8H,3-4H2,1-2H3,(H,9,10)/t5-,7-/m0/s1. The van der Waals surface area contributed by atoms with E-state index in [1.807, 2.05) is 0 Å². The van der Waals surface area contributed by atoms with Crippen LogP contribution in [0.15, 0.2) is 0 Å². The summed E-state index contributed by atoms with van der Waals surface area (Å²) in [7, 11) is 0. The predicted molar refractivity (Wildman–Crippen MR) is 39.7 cm³/mol. The maximum absolute atomic E-state index is 10.6. The van der Waals surface area contributed by atoms with Gasteiger partial charge in [0.25, 0.3) is 0 Å². The number of carbonyl (C=O) groups excluding carboxylic acids is 1. The average Bonchev–Trinajstić information content (AvgIpc) is 2.13. The first-order valence-corrected chi connectivity index (χ1v) is 3.69. The third-order valence-corrected chi connectivity index (χ3v) is 1.76. The van der Waals surface area contributed by atoms with Crippen LogP contribution < -0.4 is 10.6 Å². The van der Waals surface area contributed by atoms with Crippen LogP contribution in [0.3, 0.4) is 0 Å². The Labute approximate surface area is 61.2 Å². The molecule has 2 atom stereocenters. The van der Waals surface area contributed by atoms with Gasteiger partial charge in [-0.2, -0.15) is 0 Å². The molecule has 58 valence electrons. The zero-order chi connectivity index (χ0) is 7.56. The van der Waals surface area contributed by atoms with Gasteiger partial charge in [-0.1, -0.05) is 0 Å². The Bertz CT molecular complexity index is 136. The molecular formula is C7H14N2O. The molecule has 0 bridgehead atoms. The zero-order valence-corrected chi connectivity index (χ0v) is 6.48. The van der Waals surface area contributed by atoms with Crippen molar-refractivity contribution in [1.82, 2.24) is 10.6 Å². The van der Waals surface area contributed by atoms with Crippen LogP contribution in [-0.4, -0.2) is 24.5 Å². The van der Waals surface area contributed by atoms with E-state index < -0.39 is 0 Å². The second-order valence-corrected chi connectivity index (χ2v) is 2.94. The van der Waals surface area contributed by atoms with Crippen molar-refractivity contribution in [2.75, 3.05) is 6.54 Å². The van der Waals surface area contributed by atoms with Gasteiger partial charge in [0.1, 0.15) is 0 Å². The molecule has 0 aromatic carbocycles.